The number of likely N-dealkylation sites (tertiary alicyclic amines) is 1. The standard InChI is InChI=1S/C24H28F3N3O/c1-17-5-4-6-18(13-17)23(31)28-20-14-19(24(25,26)27)15-22(16-20)30-11-7-21(8-12-30)29-9-2-3-10-29/h4-6,13-16,21H,2-3,7-12H2,1H3,(H,28,31). The number of alkyl halides is 3. The summed E-state index contributed by atoms with van der Waals surface area (Å²) in [4.78, 5) is 17.1. The van der Waals surface area contributed by atoms with E-state index >= 15 is 0 Å². The first-order valence-electron chi connectivity index (χ1n) is 10.9. The summed E-state index contributed by atoms with van der Waals surface area (Å²) in [7, 11) is 0. The van der Waals surface area contributed by atoms with Crippen LogP contribution >= 0.6 is 0 Å². The number of carbonyl (C=O) groups is 1. The van der Waals surface area contributed by atoms with Crippen LogP contribution in [0.25, 0.3) is 0 Å². The molecule has 7 heteroatoms. The Hall–Kier alpha value is -2.54. The van der Waals surface area contributed by atoms with E-state index in [1.54, 1.807) is 24.3 Å². The van der Waals surface area contributed by atoms with Gasteiger partial charge in [-0.3, -0.25) is 4.79 Å². The van der Waals surface area contributed by atoms with Gasteiger partial charge in [-0.1, -0.05) is 17.7 Å². The molecule has 1 amide bonds. The quantitative estimate of drug-likeness (QED) is 0.711. The fourth-order valence-electron chi connectivity index (χ4n) is 4.62. The van der Waals surface area contributed by atoms with Crippen molar-refractivity contribution in [2.75, 3.05) is 36.4 Å². The number of hydrogen-bond acceptors (Lipinski definition) is 3. The first-order chi connectivity index (χ1) is 14.8. The van der Waals surface area contributed by atoms with Crippen molar-refractivity contribution >= 4 is 17.3 Å². The molecule has 0 radical (unpaired) electrons. The highest BCUT2D eigenvalue weighted by Gasteiger charge is 2.33. The van der Waals surface area contributed by atoms with Crippen molar-refractivity contribution in [3.63, 3.8) is 0 Å². The molecule has 2 aromatic rings. The molecule has 31 heavy (non-hydrogen) atoms. The Morgan fingerprint density at radius 1 is 1.00 bits per heavy atom. The molecule has 2 aromatic carbocycles. The second-order valence-electron chi connectivity index (χ2n) is 8.55. The number of amides is 1. The second kappa shape index (κ2) is 8.91. The average Bonchev–Trinajstić information content (AvgIpc) is 3.28. The number of anilines is 2. The Bertz CT molecular complexity index is 930. The van der Waals surface area contributed by atoms with E-state index in [0.717, 1.165) is 37.6 Å². The van der Waals surface area contributed by atoms with Gasteiger partial charge in [-0.05, 0) is 76.0 Å². The molecule has 0 spiro atoms. The molecule has 2 aliphatic rings. The van der Waals surface area contributed by atoms with Crippen LogP contribution in [0.4, 0.5) is 24.5 Å². The van der Waals surface area contributed by atoms with Crippen molar-refractivity contribution in [2.24, 2.45) is 0 Å². The summed E-state index contributed by atoms with van der Waals surface area (Å²) in [6.45, 7) is 5.55. The number of nitrogens with zero attached hydrogens (tertiary/aromatic N) is 2. The number of aryl methyl sites for hydroxylation is 1. The Labute approximate surface area is 181 Å². The van der Waals surface area contributed by atoms with Crippen LogP contribution in [0.5, 0.6) is 0 Å². The molecule has 166 valence electrons. The summed E-state index contributed by atoms with van der Waals surface area (Å²) < 4.78 is 40.7. The largest absolute Gasteiger partial charge is 0.416 e. The molecule has 0 aromatic heterocycles. The van der Waals surface area contributed by atoms with Crippen molar-refractivity contribution in [2.45, 2.75) is 44.8 Å². The van der Waals surface area contributed by atoms with Crippen LogP contribution in [0, 0.1) is 6.92 Å². The molecule has 0 bridgehead atoms. The zero-order chi connectivity index (χ0) is 22.0. The van der Waals surface area contributed by atoms with E-state index < -0.39 is 17.6 Å². The maximum Gasteiger partial charge on any atom is 0.416 e. The van der Waals surface area contributed by atoms with Crippen molar-refractivity contribution in [1.82, 2.24) is 4.90 Å². The van der Waals surface area contributed by atoms with E-state index in [4.69, 9.17) is 0 Å². The van der Waals surface area contributed by atoms with E-state index in [9.17, 15) is 18.0 Å². The molecule has 0 unspecified atom stereocenters. The van der Waals surface area contributed by atoms with Crippen molar-refractivity contribution in [3.05, 3.63) is 59.2 Å². The highest BCUT2D eigenvalue weighted by atomic mass is 19.4. The van der Waals surface area contributed by atoms with Gasteiger partial charge in [0.2, 0.25) is 0 Å². The predicted octanol–water partition coefficient (Wildman–Crippen LogP) is 5.33. The zero-order valence-corrected chi connectivity index (χ0v) is 17.7. The number of benzene rings is 2. The SMILES string of the molecule is Cc1cccc(C(=O)Nc2cc(N3CCC(N4CCCC4)CC3)cc(C(F)(F)F)c2)c1. The average molecular weight is 432 g/mol. The van der Waals surface area contributed by atoms with E-state index in [-0.39, 0.29) is 5.69 Å². The normalized spacial score (nSPS) is 18.4. The zero-order valence-electron chi connectivity index (χ0n) is 17.7. The van der Waals surface area contributed by atoms with Gasteiger partial charge < -0.3 is 15.1 Å². The maximum absolute atomic E-state index is 13.6. The van der Waals surface area contributed by atoms with Gasteiger partial charge in [0.15, 0.2) is 0 Å². The molecule has 0 saturated carbocycles. The van der Waals surface area contributed by atoms with Crippen LogP contribution in [-0.4, -0.2) is 43.0 Å². The van der Waals surface area contributed by atoms with Crippen molar-refractivity contribution < 1.29 is 18.0 Å². The first kappa shape index (κ1) is 21.7. The summed E-state index contributed by atoms with van der Waals surface area (Å²) in [5.74, 6) is -0.415. The number of nitrogens with one attached hydrogen (secondary N) is 1. The molecule has 2 heterocycles. The van der Waals surface area contributed by atoms with Gasteiger partial charge >= 0.3 is 6.18 Å². The maximum atomic E-state index is 13.6. The second-order valence-corrected chi connectivity index (χ2v) is 8.55. The molecule has 2 aliphatic heterocycles. The molecule has 0 aliphatic carbocycles. The summed E-state index contributed by atoms with van der Waals surface area (Å²) in [5.41, 5.74) is 1.27. The van der Waals surface area contributed by atoms with Crippen LogP contribution in [-0.2, 0) is 6.18 Å². The van der Waals surface area contributed by atoms with E-state index in [1.807, 2.05) is 17.9 Å². The van der Waals surface area contributed by atoms with Crippen molar-refractivity contribution in [3.8, 4) is 0 Å². The highest BCUT2D eigenvalue weighted by Crippen LogP contribution is 2.36. The van der Waals surface area contributed by atoms with Crippen LogP contribution in [0.1, 0.15) is 47.2 Å². The minimum Gasteiger partial charge on any atom is -0.371 e. The molecular formula is C24H28F3N3O. The van der Waals surface area contributed by atoms with Crippen molar-refractivity contribution in [1.29, 1.82) is 0 Å². The topological polar surface area (TPSA) is 35.6 Å². The van der Waals surface area contributed by atoms with Crippen LogP contribution < -0.4 is 10.2 Å². The summed E-state index contributed by atoms with van der Waals surface area (Å²) in [5, 5.41) is 2.66. The van der Waals surface area contributed by atoms with E-state index in [1.165, 1.54) is 18.9 Å². The summed E-state index contributed by atoms with van der Waals surface area (Å²) >= 11 is 0. The molecular weight excluding hydrogens is 403 g/mol. The number of carbonyl (C=O) groups excluding carboxylic acids is 1. The minimum absolute atomic E-state index is 0.165. The Kier molecular flexibility index (Phi) is 6.23. The van der Waals surface area contributed by atoms with Crippen LogP contribution in [0.15, 0.2) is 42.5 Å². The number of rotatable bonds is 4. The Morgan fingerprint density at radius 3 is 2.35 bits per heavy atom. The van der Waals surface area contributed by atoms with Gasteiger partial charge in [-0.15, -0.1) is 0 Å². The van der Waals surface area contributed by atoms with Gasteiger partial charge in [-0.2, -0.15) is 13.2 Å². The predicted molar refractivity (Wildman–Crippen MR) is 117 cm³/mol. The summed E-state index contributed by atoms with van der Waals surface area (Å²) in [6.07, 6.45) is -0.120. The van der Waals surface area contributed by atoms with E-state index in [2.05, 4.69) is 10.2 Å². The summed E-state index contributed by atoms with van der Waals surface area (Å²) in [6, 6.07) is 11.4. The molecule has 2 fully saturated rings. The molecule has 4 rings (SSSR count). The Morgan fingerprint density at radius 2 is 1.71 bits per heavy atom. The number of hydrogen-bond donors (Lipinski definition) is 1. The monoisotopic (exact) mass is 431 g/mol. The lowest BCUT2D eigenvalue weighted by molar-refractivity contribution is -0.137. The molecule has 0 atom stereocenters. The lowest BCUT2D eigenvalue weighted by atomic mass is 10.0. The first-order valence-corrected chi connectivity index (χ1v) is 10.9. The van der Waals surface area contributed by atoms with Gasteiger partial charge in [0.25, 0.3) is 5.91 Å². The number of piperidine rings is 1. The fraction of sp³-hybridized carbons (Fsp3) is 0.458. The molecule has 1 N–H and O–H groups in total. The fourth-order valence-corrected chi connectivity index (χ4v) is 4.62. The lowest BCUT2D eigenvalue weighted by Gasteiger charge is -2.38. The van der Waals surface area contributed by atoms with E-state index in [0.29, 0.717) is 30.4 Å². The van der Waals surface area contributed by atoms with Gasteiger partial charge in [0.1, 0.15) is 0 Å². The van der Waals surface area contributed by atoms with Gasteiger partial charge in [-0.25, -0.2) is 0 Å². The smallest absolute Gasteiger partial charge is 0.371 e. The third-order valence-electron chi connectivity index (χ3n) is 6.27. The van der Waals surface area contributed by atoms with Crippen LogP contribution in [0.3, 0.4) is 0 Å². The van der Waals surface area contributed by atoms with Crippen LogP contribution in [0.2, 0.25) is 0 Å². The minimum atomic E-state index is -4.48. The lowest BCUT2D eigenvalue weighted by Crippen LogP contribution is -2.43. The van der Waals surface area contributed by atoms with Gasteiger partial charge in [0, 0.05) is 36.1 Å². The third kappa shape index (κ3) is 5.21. The molecule has 2 saturated heterocycles. The number of halogens is 3. The Balaban J connectivity index is 1.53. The highest BCUT2D eigenvalue weighted by molar-refractivity contribution is 6.04. The van der Waals surface area contributed by atoms with Gasteiger partial charge in [0.05, 0.1) is 5.56 Å². The third-order valence-corrected chi connectivity index (χ3v) is 6.27. The molecule has 4 nitrogen and oxygen atoms in total.